The van der Waals surface area contributed by atoms with Gasteiger partial charge >= 0.3 is 7.82 Å². The molecule has 10 heteroatoms. The fraction of sp³-hybridized carbons (Fsp3) is 0.919. The predicted molar refractivity (Wildman–Crippen MR) is 193 cm³/mol. The maximum absolute atomic E-state index is 13.4. The maximum atomic E-state index is 13.4. The lowest BCUT2D eigenvalue weighted by Crippen LogP contribution is -2.48. The van der Waals surface area contributed by atoms with Crippen molar-refractivity contribution in [3.8, 4) is 0 Å². The maximum Gasteiger partial charge on any atom is 0.474 e. The first-order valence-electron chi connectivity index (χ1n) is 19.1. The second-order valence-electron chi connectivity index (χ2n) is 14.3. The van der Waals surface area contributed by atoms with E-state index in [9.17, 15) is 9.36 Å². The zero-order valence-electron chi connectivity index (χ0n) is 31.3. The van der Waals surface area contributed by atoms with Gasteiger partial charge in [-0.25, -0.2) is 4.57 Å². The number of hydrogen-bond acceptors (Lipinski definition) is 7. The Labute approximate surface area is 289 Å². The predicted octanol–water partition coefficient (Wildman–Crippen LogP) is 9.49. The van der Waals surface area contributed by atoms with E-state index in [1.54, 1.807) is 0 Å². The molecule has 278 valence electrons. The molecule has 47 heavy (non-hydrogen) atoms. The third-order valence-electron chi connectivity index (χ3n) is 8.64. The van der Waals surface area contributed by atoms with Crippen LogP contribution in [-0.4, -0.2) is 83.4 Å². The summed E-state index contributed by atoms with van der Waals surface area (Å²) in [5.41, 5.74) is 0. The van der Waals surface area contributed by atoms with Crippen LogP contribution in [0.3, 0.4) is 0 Å². The molecule has 1 saturated heterocycles. The van der Waals surface area contributed by atoms with E-state index in [-0.39, 0.29) is 25.4 Å². The molecule has 4 atom stereocenters. The molecular weight excluding hydrogens is 615 g/mol. The van der Waals surface area contributed by atoms with Gasteiger partial charge in [0.25, 0.3) is 0 Å². The molecule has 0 aliphatic carbocycles. The van der Waals surface area contributed by atoms with E-state index >= 15 is 0 Å². The van der Waals surface area contributed by atoms with Crippen LogP contribution in [0.2, 0.25) is 0 Å². The lowest BCUT2D eigenvalue weighted by atomic mass is 10.0. The highest BCUT2D eigenvalue weighted by molar-refractivity contribution is 7.48. The molecule has 1 fully saturated rings. The van der Waals surface area contributed by atoms with Crippen LogP contribution < -0.4 is 5.32 Å². The molecule has 0 aromatic rings. The van der Waals surface area contributed by atoms with Crippen LogP contribution in [-0.2, 0) is 32.4 Å². The highest BCUT2D eigenvalue weighted by Crippen LogP contribution is 2.48. The molecule has 0 aromatic carbocycles. The van der Waals surface area contributed by atoms with Crippen molar-refractivity contribution in [2.75, 3.05) is 54.6 Å². The highest BCUT2D eigenvalue weighted by Gasteiger charge is 2.32. The number of carbonyl (C=O) groups is 1. The zero-order chi connectivity index (χ0) is 34.6. The third kappa shape index (κ3) is 24.9. The van der Waals surface area contributed by atoms with Crippen molar-refractivity contribution in [2.45, 2.75) is 167 Å². The van der Waals surface area contributed by atoms with Crippen molar-refractivity contribution in [3.05, 3.63) is 12.2 Å². The summed E-state index contributed by atoms with van der Waals surface area (Å²) in [7, 11) is 3.60. The van der Waals surface area contributed by atoms with Gasteiger partial charge < -0.3 is 19.3 Å². The molecule has 0 saturated carbocycles. The summed E-state index contributed by atoms with van der Waals surface area (Å²) in [5.74, 6) is -0.0646. The molecule has 1 N–H and O–H groups in total. The number of nitrogens with one attached hydrogen (secondary N) is 1. The number of hydrogen-bond donors (Lipinski definition) is 1. The van der Waals surface area contributed by atoms with Crippen LogP contribution in [0.4, 0.5) is 0 Å². The minimum absolute atomic E-state index is 0.0646. The number of quaternary nitrogens is 1. The van der Waals surface area contributed by atoms with Gasteiger partial charge in [0.15, 0.2) is 6.29 Å². The zero-order valence-corrected chi connectivity index (χ0v) is 32.2. The van der Waals surface area contributed by atoms with Crippen LogP contribution >= 0.6 is 7.82 Å². The van der Waals surface area contributed by atoms with Crippen LogP contribution in [0.25, 0.3) is 0 Å². The van der Waals surface area contributed by atoms with Gasteiger partial charge in [-0.15, -0.1) is 0 Å². The first-order chi connectivity index (χ1) is 22.6. The number of amides is 1. The Hall–Kier alpha value is -0.800. The summed E-state index contributed by atoms with van der Waals surface area (Å²) >= 11 is 0. The Bertz CT molecular complexity index is 830. The lowest BCUT2D eigenvalue weighted by molar-refractivity contribution is -0.870. The number of likely N-dealkylation sites (N-methyl/N-ethyl adjacent to an activating group) is 1. The number of ether oxygens (including phenoxy) is 2. The molecule has 9 nitrogen and oxygen atoms in total. The van der Waals surface area contributed by atoms with Gasteiger partial charge in [0.1, 0.15) is 19.3 Å². The van der Waals surface area contributed by atoms with Crippen LogP contribution in [0.15, 0.2) is 12.2 Å². The summed E-state index contributed by atoms with van der Waals surface area (Å²) in [5, 5.41) is 3.14. The second-order valence-corrected chi connectivity index (χ2v) is 16.0. The van der Waals surface area contributed by atoms with Crippen LogP contribution in [0.5, 0.6) is 0 Å². The van der Waals surface area contributed by atoms with Crippen LogP contribution in [0.1, 0.15) is 149 Å². The number of allylic oxidation sites excluding steroid dienone is 1. The Morgan fingerprint density at radius 3 is 2.02 bits per heavy atom. The van der Waals surface area contributed by atoms with E-state index < -0.39 is 20.0 Å². The Morgan fingerprint density at radius 2 is 1.47 bits per heavy atom. The minimum atomic E-state index is -3.83. The quantitative estimate of drug-likeness (QED) is 0.0336. The van der Waals surface area contributed by atoms with E-state index in [0.717, 1.165) is 57.8 Å². The first kappa shape index (κ1) is 44.2. The normalized spacial score (nSPS) is 18.3. The van der Waals surface area contributed by atoms with Crippen molar-refractivity contribution in [1.82, 2.24) is 5.32 Å². The molecule has 0 radical (unpaired) electrons. The van der Waals surface area contributed by atoms with Gasteiger partial charge in [-0.1, -0.05) is 116 Å². The Morgan fingerprint density at radius 1 is 0.872 bits per heavy atom. The smallest absolute Gasteiger partial charge is 0.353 e. The monoisotopic (exact) mass is 690 g/mol. The summed E-state index contributed by atoms with van der Waals surface area (Å²) in [6.45, 7) is 5.89. The summed E-state index contributed by atoms with van der Waals surface area (Å²) in [6, 6.07) is -0.581. The fourth-order valence-electron chi connectivity index (χ4n) is 5.55. The molecule has 0 spiro atoms. The highest BCUT2D eigenvalue weighted by atomic mass is 31.2. The molecular formula is C37H74N2O7P+. The van der Waals surface area contributed by atoms with Gasteiger partial charge in [-0.2, -0.15) is 0 Å². The molecule has 1 rings (SSSR count). The van der Waals surface area contributed by atoms with E-state index in [4.69, 9.17) is 23.0 Å². The Kier molecular flexibility index (Phi) is 26.3. The molecule has 0 bridgehead atoms. The van der Waals surface area contributed by atoms with Crippen molar-refractivity contribution >= 4 is 13.7 Å². The topological polar surface area (TPSA) is 92.3 Å². The molecule has 1 aliphatic heterocycles. The Balaban J connectivity index is 2.83. The number of unbranched alkanes of at least 4 members (excludes halogenated alkanes) is 15. The molecule has 0 aromatic heterocycles. The van der Waals surface area contributed by atoms with Crippen molar-refractivity contribution in [3.63, 3.8) is 0 Å². The average Bonchev–Trinajstić information content (AvgIpc) is 3.04. The van der Waals surface area contributed by atoms with Gasteiger partial charge in [-0.3, -0.25) is 18.4 Å². The van der Waals surface area contributed by atoms with Gasteiger partial charge in [-0.05, 0) is 38.5 Å². The minimum Gasteiger partial charge on any atom is -0.353 e. The van der Waals surface area contributed by atoms with Gasteiger partial charge in [0, 0.05) is 20.1 Å². The third-order valence-corrected chi connectivity index (χ3v) is 10.1. The van der Waals surface area contributed by atoms with Crippen LogP contribution in [0, 0.1) is 0 Å². The second kappa shape index (κ2) is 28.0. The summed E-state index contributed by atoms with van der Waals surface area (Å²) in [4.78, 5) is 13.1. The molecule has 2 unspecified atom stereocenters. The summed E-state index contributed by atoms with van der Waals surface area (Å²) < 4.78 is 43.1. The lowest BCUT2D eigenvalue weighted by Gasteiger charge is -2.32. The molecule has 1 heterocycles. The standard InChI is InChI=1S/C37H73N2O7P/c1-7-9-11-13-14-15-16-17-18-19-20-22-23-27-35(46-37-29-25-26-31-43-37)34(38-36(40)28-24-21-12-10-8-2)33-45-47(41,42-6)44-32-30-39(3,4)5/h23,27,34-35,37H,7-22,24-26,28-33H2,1-6H3/p+1/b27-23+/t34-,35+,37?,47?/m0/s1. The van der Waals surface area contributed by atoms with E-state index in [1.807, 2.05) is 27.2 Å². The first-order valence-corrected chi connectivity index (χ1v) is 20.6. The average molecular weight is 690 g/mol. The number of nitrogens with zero attached hydrogens (tertiary/aromatic N) is 1. The van der Waals surface area contributed by atoms with Gasteiger partial charge in [0.05, 0.1) is 33.8 Å². The van der Waals surface area contributed by atoms with E-state index in [0.29, 0.717) is 24.1 Å². The summed E-state index contributed by atoms with van der Waals surface area (Å²) in [6.07, 6.45) is 27.3. The van der Waals surface area contributed by atoms with Crippen molar-refractivity contribution in [1.29, 1.82) is 0 Å². The SMILES string of the molecule is CCCCCCCCCCCCC/C=C/[C@@H](OC1CCCCO1)[C@H](COP(=O)(OC)OCC[N+](C)(C)C)NC(=O)CCCCCCC. The van der Waals surface area contributed by atoms with E-state index in [1.165, 1.54) is 77.7 Å². The molecule has 1 aliphatic rings. The number of carbonyl (C=O) groups excluding carboxylic acids is 1. The van der Waals surface area contributed by atoms with Crippen molar-refractivity contribution in [2.24, 2.45) is 0 Å². The van der Waals surface area contributed by atoms with Gasteiger partial charge in [0.2, 0.25) is 5.91 Å². The largest absolute Gasteiger partial charge is 0.474 e. The van der Waals surface area contributed by atoms with Crippen molar-refractivity contribution < 1.29 is 36.9 Å². The number of phosphoric ester groups is 1. The van der Waals surface area contributed by atoms with E-state index in [2.05, 4.69) is 25.2 Å². The fourth-order valence-corrected chi connectivity index (χ4v) is 6.49. The number of rotatable bonds is 31. The number of phosphoric acid groups is 1. The molecule has 1 amide bonds.